The van der Waals surface area contributed by atoms with E-state index >= 15 is 0 Å². The third kappa shape index (κ3) is 2.60. The maximum Gasteiger partial charge on any atom is 0.141 e. The van der Waals surface area contributed by atoms with Gasteiger partial charge in [-0.05, 0) is 19.3 Å². The summed E-state index contributed by atoms with van der Waals surface area (Å²) in [6.45, 7) is 4.13. The zero-order chi connectivity index (χ0) is 10.6. The van der Waals surface area contributed by atoms with Crippen LogP contribution in [-0.2, 0) is 4.79 Å². The molecule has 1 fully saturated rings. The molecule has 0 aromatic rings. The summed E-state index contributed by atoms with van der Waals surface area (Å²) in [5.41, 5.74) is -0.125. The van der Waals surface area contributed by atoms with Crippen LogP contribution < -0.4 is 0 Å². The van der Waals surface area contributed by atoms with Crippen LogP contribution in [0.25, 0.3) is 0 Å². The highest BCUT2D eigenvalue weighted by Gasteiger charge is 2.37. The van der Waals surface area contributed by atoms with Gasteiger partial charge in [0.2, 0.25) is 0 Å². The average molecular weight is 215 g/mol. The van der Waals surface area contributed by atoms with Crippen molar-refractivity contribution in [3.05, 3.63) is 12.2 Å². The smallest absolute Gasteiger partial charge is 0.141 e. The molecule has 0 aromatic carbocycles. The van der Waals surface area contributed by atoms with Gasteiger partial charge in [0, 0.05) is 17.2 Å². The van der Waals surface area contributed by atoms with Crippen LogP contribution in [0.5, 0.6) is 0 Å². The molecule has 0 heterocycles. The zero-order valence-corrected chi connectivity index (χ0v) is 9.81. The summed E-state index contributed by atoms with van der Waals surface area (Å²) in [7, 11) is 0. The second-order valence-electron chi connectivity index (χ2n) is 4.55. The van der Waals surface area contributed by atoms with Gasteiger partial charge in [-0.1, -0.05) is 32.4 Å². The number of alkyl halides is 1. The Balaban J connectivity index is 2.61. The van der Waals surface area contributed by atoms with Gasteiger partial charge in [-0.15, -0.1) is 11.6 Å². The molecule has 1 saturated carbocycles. The molecule has 0 spiro atoms. The molecule has 2 unspecified atom stereocenters. The lowest BCUT2D eigenvalue weighted by molar-refractivity contribution is -0.134. The van der Waals surface area contributed by atoms with Crippen molar-refractivity contribution in [2.75, 3.05) is 5.88 Å². The fourth-order valence-corrected chi connectivity index (χ4v) is 2.38. The maximum atomic E-state index is 12.0. The fourth-order valence-electron chi connectivity index (χ4n) is 2.26. The summed E-state index contributed by atoms with van der Waals surface area (Å²) in [5, 5.41) is 0. The Hall–Kier alpha value is -0.300. The summed E-state index contributed by atoms with van der Waals surface area (Å²) in [5.74, 6) is 1.22. The van der Waals surface area contributed by atoms with E-state index in [0.29, 0.717) is 11.7 Å². The number of rotatable bonds is 3. The molecule has 80 valence electrons. The van der Waals surface area contributed by atoms with E-state index in [2.05, 4.69) is 6.92 Å². The Labute approximate surface area is 91.5 Å². The van der Waals surface area contributed by atoms with Crippen LogP contribution in [0, 0.1) is 11.3 Å². The quantitative estimate of drug-likeness (QED) is 0.519. The summed E-state index contributed by atoms with van der Waals surface area (Å²) < 4.78 is 0. The van der Waals surface area contributed by atoms with Gasteiger partial charge in [-0.25, -0.2) is 0 Å². The van der Waals surface area contributed by atoms with Gasteiger partial charge in [-0.3, -0.25) is 4.79 Å². The minimum Gasteiger partial charge on any atom is -0.299 e. The van der Waals surface area contributed by atoms with E-state index in [1.54, 1.807) is 0 Å². The van der Waals surface area contributed by atoms with E-state index < -0.39 is 0 Å². The summed E-state index contributed by atoms with van der Waals surface area (Å²) in [6.07, 6.45) is 8.10. The van der Waals surface area contributed by atoms with Crippen LogP contribution in [0.3, 0.4) is 0 Å². The normalized spacial score (nSPS) is 33.9. The number of ketones is 1. The Bertz CT molecular complexity index is 234. The average Bonchev–Trinajstić information content (AvgIpc) is 2.15. The van der Waals surface area contributed by atoms with E-state index in [1.165, 1.54) is 6.42 Å². The zero-order valence-electron chi connectivity index (χ0n) is 9.05. The predicted octanol–water partition coefficient (Wildman–Crippen LogP) is 3.57. The number of allylic oxidation sites excluding steroid dienone is 2. The Kier molecular flexibility index (Phi) is 4.18. The van der Waals surface area contributed by atoms with E-state index in [0.717, 1.165) is 19.3 Å². The maximum absolute atomic E-state index is 12.0. The topological polar surface area (TPSA) is 17.1 Å². The molecule has 2 heteroatoms. The predicted molar refractivity (Wildman–Crippen MR) is 60.6 cm³/mol. The van der Waals surface area contributed by atoms with Gasteiger partial charge in [0.05, 0.1) is 0 Å². The third-order valence-corrected chi connectivity index (χ3v) is 3.41. The first-order valence-corrected chi connectivity index (χ1v) is 5.89. The van der Waals surface area contributed by atoms with Crippen molar-refractivity contribution in [1.29, 1.82) is 0 Å². The molecule has 1 nitrogen and oxygen atoms in total. The lowest BCUT2D eigenvalue weighted by atomic mass is 9.68. The molecular formula is C12H19ClO. The number of hydrogen-bond donors (Lipinski definition) is 0. The molecule has 1 rings (SSSR count). The second-order valence-corrected chi connectivity index (χ2v) is 4.86. The SMILES string of the molecule is CC1CCCC(C)(C/C=C/CCl)C1=O. The van der Waals surface area contributed by atoms with Gasteiger partial charge >= 0.3 is 0 Å². The largest absolute Gasteiger partial charge is 0.299 e. The van der Waals surface area contributed by atoms with Crippen molar-refractivity contribution >= 4 is 17.4 Å². The highest BCUT2D eigenvalue weighted by Crippen LogP contribution is 2.38. The molecular weight excluding hydrogens is 196 g/mol. The summed E-state index contributed by atoms with van der Waals surface area (Å²) in [4.78, 5) is 12.0. The van der Waals surface area contributed by atoms with Crippen LogP contribution in [0.1, 0.15) is 39.5 Å². The van der Waals surface area contributed by atoms with Crippen molar-refractivity contribution in [2.45, 2.75) is 39.5 Å². The number of Topliss-reactive ketones (excluding diaryl/α,β-unsaturated/α-hetero) is 1. The molecule has 14 heavy (non-hydrogen) atoms. The van der Waals surface area contributed by atoms with Gasteiger partial charge in [-0.2, -0.15) is 0 Å². The highest BCUT2D eigenvalue weighted by molar-refractivity contribution is 6.18. The Morgan fingerprint density at radius 1 is 1.57 bits per heavy atom. The monoisotopic (exact) mass is 214 g/mol. The molecule has 2 atom stereocenters. The second kappa shape index (κ2) is 4.97. The van der Waals surface area contributed by atoms with Gasteiger partial charge in [0.25, 0.3) is 0 Å². The molecule has 1 aliphatic carbocycles. The lowest BCUT2D eigenvalue weighted by Gasteiger charge is -2.34. The highest BCUT2D eigenvalue weighted by atomic mass is 35.5. The van der Waals surface area contributed by atoms with Crippen molar-refractivity contribution in [3.8, 4) is 0 Å². The van der Waals surface area contributed by atoms with Crippen molar-refractivity contribution in [2.24, 2.45) is 11.3 Å². The lowest BCUT2D eigenvalue weighted by Crippen LogP contribution is -2.35. The molecule has 0 amide bonds. The van der Waals surface area contributed by atoms with E-state index in [4.69, 9.17) is 11.6 Å². The van der Waals surface area contributed by atoms with Crippen molar-refractivity contribution in [1.82, 2.24) is 0 Å². The van der Waals surface area contributed by atoms with Crippen LogP contribution in [0.15, 0.2) is 12.2 Å². The minimum atomic E-state index is -0.125. The van der Waals surface area contributed by atoms with Gasteiger partial charge < -0.3 is 0 Å². The first-order chi connectivity index (χ1) is 6.60. The molecule has 0 radical (unpaired) electrons. The van der Waals surface area contributed by atoms with E-state index in [1.807, 2.05) is 19.1 Å². The van der Waals surface area contributed by atoms with E-state index in [9.17, 15) is 4.79 Å². The number of carbonyl (C=O) groups excluding carboxylic acids is 1. The minimum absolute atomic E-state index is 0.125. The number of carbonyl (C=O) groups is 1. The summed E-state index contributed by atoms with van der Waals surface area (Å²) >= 11 is 5.56. The molecule has 0 N–H and O–H groups in total. The molecule has 0 aromatic heterocycles. The first-order valence-electron chi connectivity index (χ1n) is 5.35. The standard InChI is InChI=1S/C12H19ClO/c1-10-6-5-8-12(2,11(10)14)7-3-4-9-13/h3-4,10H,5-9H2,1-2H3/b4-3+. The molecule has 0 aliphatic heterocycles. The van der Waals surface area contributed by atoms with Crippen LogP contribution in [0.4, 0.5) is 0 Å². The molecule has 0 bridgehead atoms. The molecule has 0 saturated heterocycles. The number of halogens is 1. The van der Waals surface area contributed by atoms with Gasteiger partial charge in [0.1, 0.15) is 5.78 Å². The summed E-state index contributed by atoms with van der Waals surface area (Å²) in [6, 6.07) is 0. The number of hydrogen-bond acceptors (Lipinski definition) is 1. The fraction of sp³-hybridized carbons (Fsp3) is 0.750. The third-order valence-electron chi connectivity index (χ3n) is 3.23. The Morgan fingerprint density at radius 3 is 2.93 bits per heavy atom. The van der Waals surface area contributed by atoms with Crippen molar-refractivity contribution in [3.63, 3.8) is 0 Å². The molecule has 1 aliphatic rings. The van der Waals surface area contributed by atoms with Crippen LogP contribution >= 0.6 is 11.6 Å². The Morgan fingerprint density at radius 2 is 2.29 bits per heavy atom. The van der Waals surface area contributed by atoms with Crippen LogP contribution in [0.2, 0.25) is 0 Å². The van der Waals surface area contributed by atoms with Crippen molar-refractivity contribution < 1.29 is 4.79 Å². The first kappa shape index (κ1) is 11.8. The van der Waals surface area contributed by atoms with Gasteiger partial charge in [0.15, 0.2) is 0 Å². The van der Waals surface area contributed by atoms with Crippen LogP contribution in [-0.4, -0.2) is 11.7 Å². The van der Waals surface area contributed by atoms with E-state index in [-0.39, 0.29) is 11.3 Å².